The molecule has 1 aromatic carbocycles. The molecule has 4 rings (SSSR count). The summed E-state index contributed by atoms with van der Waals surface area (Å²) < 4.78 is 26.4. The smallest absolute Gasteiger partial charge is 0.259 e. The number of fused-ring (bicyclic) bond motifs is 3. The molecule has 2 N–H and O–H groups in total. The van der Waals surface area contributed by atoms with Crippen molar-refractivity contribution in [1.82, 2.24) is 9.97 Å². The molecule has 0 unspecified atom stereocenters. The fraction of sp³-hybridized carbons (Fsp3) is 0.316. The number of aromatic amines is 1. The first-order valence-electron chi connectivity index (χ1n) is 8.79. The highest BCUT2D eigenvalue weighted by atomic mass is 32.1. The van der Waals surface area contributed by atoms with Gasteiger partial charge in [0.05, 0.1) is 5.39 Å². The van der Waals surface area contributed by atoms with E-state index in [0.717, 1.165) is 49.4 Å². The van der Waals surface area contributed by atoms with Crippen LogP contribution in [0.25, 0.3) is 10.2 Å². The molecule has 0 saturated carbocycles. The third-order valence-corrected chi connectivity index (χ3v) is 5.79. The fourth-order valence-corrected chi connectivity index (χ4v) is 4.69. The summed E-state index contributed by atoms with van der Waals surface area (Å²) in [4.78, 5) is 33.7. The number of aryl methyl sites for hydroxylation is 3. The molecule has 27 heavy (non-hydrogen) atoms. The predicted molar refractivity (Wildman–Crippen MR) is 100 cm³/mol. The van der Waals surface area contributed by atoms with Crippen molar-refractivity contribution in [2.75, 3.05) is 5.32 Å². The summed E-state index contributed by atoms with van der Waals surface area (Å²) in [6.07, 6.45) is 4.38. The Hall–Kier alpha value is -2.61. The number of nitrogens with one attached hydrogen (secondary N) is 2. The van der Waals surface area contributed by atoms with Crippen molar-refractivity contribution in [3.05, 3.63) is 56.5 Å². The average Bonchev–Trinajstić information content (AvgIpc) is 2.98. The highest BCUT2D eigenvalue weighted by molar-refractivity contribution is 7.18. The number of amides is 1. The van der Waals surface area contributed by atoms with Crippen LogP contribution in [0.15, 0.2) is 23.0 Å². The Kier molecular flexibility index (Phi) is 4.73. The molecule has 2 heterocycles. The van der Waals surface area contributed by atoms with Crippen molar-refractivity contribution < 1.29 is 13.6 Å². The lowest BCUT2D eigenvalue weighted by Crippen LogP contribution is -2.16. The van der Waals surface area contributed by atoms with Gasteiger partial charge in [0.1, 0.15) is 22.3 Å². The van der Waals surface area contributed by atoms with Crippen LogP contribution in [-0.2, 0) is 24.1 Å². The van der Waals surface area contributed by atoms with Gasteiger partial charge in [0.2, 0.25) is 5.91 Å². The van der Waals surface area contributed by atoms with Gasteiger partial charge in [-0.1, -0.05) is 0 Å². The van der Waals surface area contributed by atoms with Gasteiger partial charge in [0.15, 0.2) is 0 Å². The maximum absolute atomic E-state index is 13.2. The number of H-pyrrole nitrogens is 1. The van der Waals surface area contributed by atoms with Crippen molar-refractivity contribution in [2.24, 2.45) is 0 Å². The number of hydrogen-bond acceptors (Lipinski definition) is 4. The number of aromatic nitrogens is 2. The quantitative estimate of drug-likeness (QED) is 0.714. The highest BCUT2D eigenvalue weighted by Gasteiger charge is 2.19. The molecule has 1 amide bonds. The van der Waals surface area contributed by atoms with Crippen LogP contribution in [0.4, 0.5) is 14.5 Å². The van der Waals surface area contributed by atoms with Gasteiger partial charge >= 0.3 is 0 Å². The van der Waals surface area contributed by atoms with E-state index in [9.17, 15) is 18.4 Å². The first-order valence-corrected chi connectivity index (χ1v) is 9.60. The van der Waals surface area contributed by atoms with E-state index in [0.29, 0.717) is 16.0 Å². The molecule has 0 atom stereocenters. The lowest BCUT2D eigenvalue weighted by molar-refractivity contribution is -0.116. The Balaban J connectivity index is 1.48. The normalized spacial score (nSPS) is 13.6. The van der Waals surface area contributed by atoms with E-state index < -0.39 is 17.5 Å². The molecule has 0 fully saturated rings. The summed E-state index contributed by atoms with van der Waals surface area (Å²) in [6.45, 7) is 0. The standard InChI is InChI=1S/C19H17F2N3O2S/c20-10-7-11(21)9-12(8-10)22-16(25)6-5-15-23-18(26)17-13-3-1-2-4-14(13)27-19(17)24-15/h7-9H,1-6H2,(H,22,25)(H,23,24,26). The Morgan fingerprint density at radius 3 is 2.70 bits per heavy atom. The molecule has 1 aliphatic rings. The molecule has 0 bridgehead atoms. The number of benzene rings is 1. The SMILES string of the molecule is O=C(CCc1nc2sc3c(c2c(=O)[nH]1)CCCC3)Nc1cc(F)cc(F)c1. The molecule has 2 aromatic heterocycles. The van der Waals surface area contributed by atoms with Crippen LogP contribution >= 0.6 is 11.3 Å². The molecule has 0 saturated heterocycles. The molecule has 3 aromatic rings. The maximum Gasteiger partial charge on any atom is 0.259 e. The highest BCUT2D eigenvalue weighted by Crippen LogP contribution is 2.33. The number of rotatable bonds is 4. The number of halogens is 2. The zero-order valence-electron chi connectivity index (χ0n) is 14.4. The van der Waals surface area contributed by atoms with Crippen LogP contribution in [0.2, 0.25) is 0 Å². The third-order valence-electron chi connectivity index (χ3n) is 4.61. The maximum atomic E-state index is 13.2. The second-order valence-corrected chi connectivity index (χ2v) is 7.69. The minimum Gasteiger partial charge on any atom is -0.326 e. The van der Waals surface area contributed by atoms with Gasteiger partial charge in [-0.2, -0.15) is 0 Å². The second kappa shape index (κ2) is 7.19. The van der Waals surface area contributed by atoms with Crippen molar-refractivity contribution in [3.63, 3.8) is 0 Å². The number of nitrogens with zero attached hydrogens (tertiary/aromatic N) is 1. The zero-order valence-corrected chi connectivity index (χ0v) is 15.2. The van der Waals surface area contributed by atoms with Gasteiger partial charge < -0.3 is 10.3 Å². The van der Waals surface area contributed by atoms with Gasteiger partial charge in [-0.15, -0.1) is 11.3 Å². The predicted octanol–water partition coefficient (Wildman–Crippen LogP) is 3.71. The molecule has 140 valence electrons. The number of thiophene rings is 1. The van der Waals surface area contributed by atoms with Crippen molar-refractivity contribution in [1.29, 1.82) is 0 Å². The lowest BCUT2D eigenvalue weighted by Gasteiger charge is -2.09. The van der Waals surface area contributed by atoms with Gasteiger partial charge in [-0.25, -0.2) is 13.8 Å². The largest absolute Gasteiger partial charge is 0.326 e. The number of hydrogen-bond donors (Lipinski definition) is 2. The number of carbonyl (C=O) groups is 1. The van der Waals surface area contributed by atoms with Crippen molar-refractivity contribution in [2.45, 2.75) is 38.5 Å². The average molecular weight is 389 g/mol. The van der Waals surface area contributed by atoms with Gasteiger partial charge in [0, 0.05) is 29.5 Å². The Bertz CT molecular complexity index is 1070. The van der Waals surface area contributed by atoms with Gasteiger partial charge in [-0.3, -0.25) is 9.59 Å². The van der Waals surface area contributed by atoms with Crippen molar-refractivity contribution in [3.8, 4) is 0 Å². The number of carbonyl (C=O) groups excluding carboxylic acids is 1. The molecule has 8 heteroatoms. The molecular formula is C19H17F2N3O2S. The molecule has 0 spiro atoms. The minimum atomic E-state index is -0.761. The molecule has 5 nitrogen and oxygen atoms in total. The van der Waals surface area contributed by atoms with E-state index in [1.165, 1.54) is 4.88 Å². The van der Waals surface area contributed by atoms with Gasteiger partial charge in [-0.05, 0) is 43.4 Å². The minimum absolute atomic E-state index is 0.0394. The van der Waals surface area contributed by atoms with Crippen LogP contribution in [0.1, 0.15) is 35.5 Å². The molecule has 1 aliphatic carbocycles. The van der Waals surface area contributed by atoms with E-state index >= 15 is 0 Å². The van der Waals surface area contributed by atoms with Crippen LogP contribution in [0.3, 0.4) is 0 Å². The molecule has 0 radical (unpaired) electrons. The summed E-state index contributed by atoms with van der Waals surface area (Å²) >= 11 is 1.55. The first-order chi connectivity index (χ1) is 13.0. The Labute approximate surface area is 157 Å². The topological polar surface area (TPSA) is 74.8 Å². The number of anilines is 1. The summed E-state index contributed by atoms with van der Waals surface area (Å²) in [5.41, 5.74) is 1.01. The summed E-state index contributed by atoms with van der Waals surface area (Å²) in [6, 6.07) is 2.83. The van der Waals surface area contributed by atoms with E-state index in [-0.39, 0.29) is 24.1 Å². The van der Waals surface area contributed by atoms with E-state index in [4.69, 9.17) is 0 Å². The van der Waals surface area contributed by atoms with Crippen LogP contribution in [0, 0.1) is 11.6 Å². The first kappa shape index (κ1) is 17.8. The Morgan fingerprint density at radius 1 is 1.19 bits per heavy atom. The second-order valence-electron chi connectivity index (χ2n) is 6.61. The van der Waals surface area contributed by atoms with E-state index in [1.54, 1.807) is 11.3 Å². The van der Waals surface area contributed by atoms with Crippen LogP contribution < -0.4 is 10.9 Å². The summed E-state index contributed by atoms with van der Waals surface area (Å²) in [5.74, 6) is -1.49. The summed E-state index contributed by atoms with van der Waals surface area (Å²) in [5, 5.41) is 3.13. The van der Waals surface area contributed by atoms with E-state index in [1.807, 2.05) is 0 Å². The lowest BCUT2D eigenvalue weighted by atomic mass is 9.97. The van der Waals surface area contributed by atoms with E-state index in [2.05, 4.69) is 15.3 Å². The van der Waals surface area contributed by atoms with Crippen LogP contribution in [-0.4, -0.2) is 15.9 Å². The Morgan fingerprint density at radius 2 is 1.93 bits per heavy atom. The van der Waals surface area contributed by atoms with Gasteiger partial charge in [0.25, 0.3) is 5.56 Å². The fourth-order valence-electron chi connectivity index (χ4n) is 3.41. The zero-order chi connectivity index (χ0) is 19.0. The van der Waals surface area contributed by atoms with Crippen molar-refractivity contribution >= 4 is 33.1 Å². The monoisotopic (exact) mass is 389 g/mol. The third kappa shape index (κ3) is 3.75. The molecule has 0 aliphatic heterocycles. The summed E-state index contributed by atoms with van der Waals surface area (Å²) in [7, 11) is 0. The van der Waals surface area contributed by atoms with Crippen LogP contribution in [0.5, 0.6) is 0 Å². The molecular weight excluding hydrogens is 372 g/mol.